The molecule has 0 saturated carbocycles. The average molecular weight is 257 g/mol. The van der Waals surface area contributed by atoms with E-state index in [1.165, 1.54) is 13.0 Å². The Morgan fingerprint density at radius 1 is 1.11 bits per heavy atom. The minimum absolute atomic E-state index is 0.0107. The molecule has 0 saturated heterocycles. The highest BCUT2D eigenvalue weighted by molar-refractivity contribution is 5.95. The molecule has 2 N–H and O–H groups in total. The second kappa shape index (κ2) is 4.89. The van der Waals surface area contributed by atoms with Crippen LogP contribution in [0.2, 0.25) is 0 Å². The first-order valence-corrected chi connectivity index (χ1v) is 5.52. The first kappa shape index (κ1) is 12.8. The second-order valence-electron chi connectivity index (χ2n) is 4.03. The molecule has 1 heterocycles. The summed E-state index contributed by atoms with van der Waals surface area (Å²) in [7, 11) is 0. The lowest BCUT2D eigenvalue weighted by molar-refractivity contribution is 0.0696. The molecular formula is C14H11NO4. The maximum atomic E-state index is 11.2. The quantitative estimate of drug-likeness (QED) is 0.824. The van der Waals surface area contributed by atoms with E-state index >= 15 is 0 Å². The number of aromatic nitrogens is 1. The Balaban J connectivity index is 2.48. The Kier molecular flexibility index (Phi) is 3.29. The SMILES string of the molecule is CC(=O)c1ccc(-c2cc(C(=O)O)cnc2O)cc1. The van der Waals surface area contributed by atoms with Crippen molar-refractivity contribution in [1.29, 1.82) is 0 Å². The summed E-state index contributed by atoms with van der Waals surface area (Å²) in [6.45, 7) is 1.46. The van der Waals surface area contributed by atoms with E-state index in [1.54, 1.807) is 24.3 Å². The molecule has 0 aliphatic carbocycles. The molecule has 96 valence electrons. The first-order chi connectivity index (χ1) is 8.99. The van der Waals surface area contributed by atoms with Crippen molar-refractivity contribution >= 4 is 11.8 Å². The highest BCUT2D eigenvalue weighted by Crippen LogP contribution is 2.28. The molecule has 0 aliphatic heterocycles. The minimum atomic E-state index is -1.12. The van der Waals surface area contributed by atoms with Crippen LogP contribution in [0.25, 0.3) is 11.1 Å². The van der Waals surface area contributed by atoms with Crippen LogP contribution in [-0.2, 0) is 0 Å². The number of aromatic hydroxyl groups is 1. The molecule has 0 aliphatic rings. The van der Waals surface area contributed by atoms with Crippen LogP contribution in [0.1, 0.15) is 27.6 Å². The molecule has 0 spiro atoms. The van der Waals surface area contributed by atoms with Crippen molar-refractivity contribution in [1.82, 2.24) is 4.98 Å². The zero-order valence-electron chi connectivity index (χ0n) is 10.1. The van der Waals surface area contributed by atoms with Gasteiger partial charge in [-0.05, 0) is 18.6 Å². The van der Waals surface area contributed by atoms with Crippen molar-refractivity contribution in [2.45, 2.75) is 6.92 Å². The number of ketones is 1. The Labute approximate surface area is 109 Å². The van der Waals surface area contributed by atoms with Gasteiger partial charge in [0.25, 0.3) is 0 Å². The summed E-state index contributed by atoms with van der Waals surface area (Å²) >= 11 is 0. The van der Waals surface area contributed by atoms with Crippen LogP contribution in [0.15, 0.2) is 36.5 Å². The zero-order chi connectivity index (χ0) is 14.0. The average Bonchev–Trinajstić information content (AvgIpc) is 2.39. The summed E-state index contributed by atoms with van der Waals surface area (Å²) in [5, 5.41) is 18.6. The number of hydrogen-bond acceptors (Lipinski definition) is 4. The van der Waals surface area contributed by atoms with E-state index in [9.17, 15) is 14.7 Å². The van der Waals surface area contributed by atoms with Crippen LogP contribution in [0.5, 0.6) is 5.88 Å². The van der Waals surface area contributed by atoms with Crippen LogP contribution in [-0.4, -0.2) is 26.9 Å². The number of Topliss-reactive ketones (excluding diaryl/α,β-unsaturated/α-hetero) is 1. The van der Waals surface area contributed by atoms with Crippen LogP contribution >= 0.6 is 0 Å². The number of hydrogen-bond donors (Lipinski definition) is 2. The fourth-order valence-corrected chi connectivity index (χ4v) is 1.67. The number of carbonyl (C=O) groups excluding carboxylic acids is 1. The monoisotopic (exact) mass is 257 g/mol. The third-order valence-corrected chi connectivity index (χ3v) is 2.72. The van der Waals surface area contributed by atoms with Gasteiger partial charge in [-0.2, -0.15) is 0 Å². The molecule has 0 radical (unpaired) electrons. The van der Waals surface area contributed by atoms with Gasteiger partial charge in [0.2, 0.25) is 5.88 Å². The number of carboxylic acids is 1. The van der Waals surface area contributed by atoms with Crippen molar-refractivity contribution in [2.75, 3.05) is 0 Å². The van der Waals surface area contributed by atoms with Crippen LogP contribution < -0.4 is 0 Å². The van der Waals surface area contributed by atoms with Gasteiger partial charge >= 0.3 is 5.97 Å². The molecule has 0 unspecified atom stereocenters. The number of nitrogens with zero attached hydrogens (tertiary/aromatic N) is 1. The molecule has 0 atom stereocenters. The van der Waals surface area contributed by atoms with Crippen molar-refractivity contribution < 1.29 is 19.8 Å². The highest BCUT2D eigenvalue weighted by atomic mass is 16.4. The molecular weight excluding hydrogens is 246 g/mol. The van der Waals surface area contributed by atoms with Crippen molar-refractivity contribution in [3.05, 3.63) is 47.7 Å². The van der Waals surface area contributed by atoms with Gasteiger partial charge in [-0.1, -0.05) is 24.3 Å². The van der Waals surface area contributed by atoms with Gasteiger partial charge in [-0.15, -0.1) is 0 Å². The lowest BCUT2D eigenvalue weighted by Crippen LogP contribution is -1.98. The van der Waals surface area contributed by atoms with E-state index in [4.69, 9.17) is 5.11 Å². The molecule has 1 aromatic heterocycles. The van der Waals surface area contributed by atoms with Crippen LogP contribution in [0.4, 0.5) is 0 Å². The Bertz CT molecular complexity index is 647. The molecule has 19 heavy (non-hydrogen) atoms. The van der Waals surface area contributed by atoms with Gasteiger partial charge in [0, 0.05) is 17.3 Å². The van der Waals surface area contributed by atoms with E-state index < -0.39 is 5.97 Å². The van der Waals surface area contributed by atoms with Gasteiger partial charge in [-0.25, -0.2) is 9.78 Å². The van der Waals surface area contributed by atoms with Crippen molar-refractivity contribution in [2.24, 2.45) is 0 Å². The van der Waals surface area contributed by atoms with E-state index in [1.807, 2.05) is 0 Å². The standard InChI is InChI=1S/C14H11NO4/c1-8(16)9-2-4-10(5-3-9)12-6-11(14(18)19)7-15-13(12)17/h2-7H,1H3,(H,15,17)(H,18,19). The third kappa shape index (κ3) is 2.60. The molecule has 0 bridgehead atoms. The summed E-state index contributed by atoms with van der Waals surface area (Å²) in [5.41, 5.74) is 1.45. The van der Waals surface area contributed by atoms with E-state index in [0.717, 1.165) is 6.20 Å². The maximum Gasteiger partial charge on any atom is 0.337 e. The Morgan fingerprint density at radius 2 is 1.74 bits per heavy atom. The van der Waals surface area contributed by atoms with Crippen molar-refractivity contribution in [3.63, 3.8) is 0 Å². The lowest BCUT2D eigenvalue weighted by atomic mass is 10.0. The number of carbonyl (C=O) groups is 2. The van der Waals surface area contributed by atoms with Gasteiger partial charge < -0.3 is 10.2 Å². The smallest absolute Gasteiger partial charge is 0.337 e. The second-order valence-corrected chi connectivity index (χ2v) is 4.03. The van der Waals surface area contributed by atoms with E-state index in [2.05, 4.69) is 4.98 Å². The predicted octanol–water partition coefficient (Wildman–Crippen LogP) is 2.35. The number of aromatic carboxylic acids is 1. The van der Waals surface area contributed by atoms with Gasteiger partial charge in [0.1, 0.15) is 0 Å². The Hall–Kier alpha value is -2.69. The largest absolute Gasteiger partial charge is 0.493 e. The van der Waals surface area contributed by atoms with E-state index in [-0.39, 0.29) is 17.2 Å². The molecule has 2 rings (SSSR count). The van der Waals surface area contributed by atoms with E-state index in [0.29, 0.717) is 16.7 Å². The number of pyridine rings is 1. The summed E-state index contributed by atoms with van der Waals surface area (Å²) < 4.78 is 0. The minimum Gasteiger partial charge on any atom is -0.493 e. The van der Waals surface area contributed by atoms with Crippen LogP contribution in [0, 0.1) is 0 Å². The topological polar surface area (TPSA) is 87.5 Å². The lowest BCUT2D eigenvalue weighted by Gasteiger charge is -2.05. The molecule has 0 amide bonds. The predicted molar refractivity (Wildman–Crippen MR) is 68.3 cm³/mol. The van der Waals surface area contributed by atoms with Gasteiger partial charge in [0.15, 0.2) is 5.78 Å². The molecule has 2 aromatic rings. The normalized spacial score (nSPS) is 10.2. The maximum absolute atomic E-state index is 11.2. The highest BCUT2D eigenvalue weighted by Gasteiger charge is 2.11. The third-order valence-electron chi connectivity index (χ3n) is 2.72. The molecule has 5 nitrogen and oxygen atoms in total. The molecule has 5 heteroatoms. The fourth-order valence-electron chi connectivity index (χ4n) is 1.67. The number of rotatable bonds is 3. The van der Waals surface area contributed by atoms with Crippen molar-refractivity contribution in [3.8, 4) is 17.0 Å². The summed E-state index contributed by atoms with van der Waals surface area (Å²) in [6.07, 6.45) is 1.09. The molecule has 0 fully saturated rings. The summed E-state index contributed by atoms with van der Waals surface area (Å²) in [5.74, 6) is -1.43. The zero-order valence-corrected chi connectivity index (χ0v) is 10.1. The summed E-state index contributed by atoms with van der Waals surface area (Å²) in [6, 6.07) is 7.85. The molecule has 1 aromatic carbocycles. The number of benzene rings is 1. The fraction of sp³-hybridized carbons (Fsp3) is 0.0714. The first-order valence-electron chi connectivity index (χ1n) is 5.52. The van der Waals surface area contributed by atoms with Gasteiger partial charge in [-0.3, -0.25) is 4.79 Å². The van der Waals surface area contributed by atoms with Gasteiger partial charge in [0.05, 0.1) is 5.56 Å². The Morgan fingerprint density at radius 3 is 2.26 bits per heavy atom. The number of carboxylic acid groups (broad SMARTS) is 1. The van der Waals surface area contributed by atoms with Crippen LogP contribution in [0.3, 0.4) is 0 Å². The summed E-state index contributed by atoms with van der Waals surface area (Å²) in [4.78, 5) is 25.7.